The van der Waals surface area contributed by atoms with E-state index in [2.05, 4.69) is 10.4 Å². The molecule has 0 saturated heterocycles. The number of carbonyl (C=O) groups is 1. The molecule has 8 heteroatoms. The predicted octanol–water partition coefficient (Wildman–Crippen LogP) is 5.63. The smallest absolute Gasteiger partial charge is 0.187 e. The van der Waals surface area contributed by atoms with E-state index < -0.39 is 6.04 Å². The number of nitrogens with two attached hydrogens (primary N) is 1. The van der Waals surface area contributed by atoms with Crippen LogP contribution < -0.4 is 15.8 Å². The Morgan fingerprint density at radius 1 is 1.03 bits per heavy atom. The van der Waals surface area contributed by atoms with Crippen molar-refractivity contribution in [2.75, 3.05) is 19.5 Å². The lowest BCUT2D eigenvalue weighted by Crippen LogP contribution is -2.30. The number of hydrogen-bond acceptors (Lipinski definition) is 6. The van der Waals surface area contributed by atoms with Crippen LogP contribution in [0.25, 0.3) is 11.1 Å². The van der Waals surface area contributed by atoms with Crippen LogP contribution in [-0.2, 0) is 4.79 Å². The molecule has 1 heterocycles. The fraction of sp³-hybridized carbons (Fsp3) is 0.185. The normalized spacial score (nSPS) is 11.4. The van der Waals surface area contributed by atoms with Gasteiger partial charge in [-0.15, -0.1) is 3.89 Å². The Morgan fingerprint density at radius 3 is 2.09 bits per heavy atom. The Kier molecular flexibility index (Phi) is 9.46. The highest BCUT2D eigenvalue weighted by atomic mass is 32.2. The van der Waals surface area contributed by atoms with Crippen LogP contribution in [0.3, 0.4) is 0 Å². The van der Waals surface area contributed by atoms with Crippen LogP contribution in [0.2, 0.25) is 0 Å². The summed E-state index contributed by atoms with van der Waals surface area (Å²) in [7, 11) is 3.46. The highest BCUT2D eigenvalue weighted by molar-refractivity contribution is 7.92. The summed E-state index contributed by atoms with van der Waals surface area (Å²) in [5, 5.41) is 7.10. The van der Waals surface area contributed by atoms with Gasteiger partial charge in [0.15, 0.2) is 12.3 Å². The zero-order valence-electron chi connectivity index (χ0n) is 19.9. The molecule has 4 aromatic rings. The molecule has 1 unspecified atom stereocenters. The van der Waals surface area contributed by atoms with Crippen LogP contribution in [0, 0.1) is 6.92 Å². The lowest BCUT2D eigenvalue weighted by Gasteiger charge is -2.20. The molecule has 0 bridgehead atoms. The van der Waals surface area contributed by atoms with E-state index in [1.54, 1.807) is 13.3 Å². The summed E-state index contributed by atoms with van der Waals surface area (Å²) in [4.78, 5) is 11.0. The number of nitrogens with zero attached hydrogens (tertiary/aromatic N) is 2. The molecule has 0 saturated carbocycles. The molecule has 1 atom stereocenters. The lowest BCUT2D eigenvalue weighted by atomic mass is 9.86. The number of rotatable bonds is 8. The number of aromatic nitrogens is 2. The van der Waals surface area contributed by atoms with Gasteiger partial charge >= 0.3 is 0 Å². The fourth-order valence-electron chi connectivity index (χ4n) is 3.84. The molecule has 6 nitrogen and oxygen atoms in total. The molecule has 0 radical (unpaired) electrons. The summed E-state index contributed by atoms with van der Waals surface area (Å²) in [6.07, 6.45) is 2.46. The number of aryl methyl sites for hydroxylation is 1. The van der Waals surface area contributed by atoms with Gasteiger partial charge in [0.2, 0.25) is 0 Å². The number of carbonyl (C=O) groups excluding carboxylic acids is 1. The van der Waals surface area contributed by atoms with Gasteiger partial charge < -0.3 is 20.6 Å². The Balaban J connectivity index is 0.000000196. The summed E-state index contributed by atoms with van der Waals surface area (Å²) in [5.74, 6) is 0.656. The average molecular weight is 493 g/mol. The number of benzene rings is 3. The number of nitrogens with one attached hydrogen (secondary N) is 1. The van der Waals surface area contributed by atoms with E-state index in [1.807, 2.05) is 92.8 Å². The van der Waals surface area contributed by atoms with Crippen LogP contribution in [0.15, 0.2) is 85.1 Å². The fourth-order valence-corrected chi connectivity index (χ4v) is 4.14. The largest absolute Gasteiger partial charge is 0.496 e. The SMILES string of the molecule is CNc1ccc(-c2cn(SF)nc2C)c(OC)c1.NC(C=O)C(c1ccccc1)c1ccccc1. The van der Waals surface area contributed by atoms with Gasteiger partial charge in [-0.2, -0.15) is 9.19 Å². The molecule has 0 amide bonds. The topological polar surface area (TPSA) is 82.2 Å². The van der Waals surface area contributed by atoms with E-state index in [4.69, 9.17) is 10.5 Å². The predicted molar refractivity (Wildman–Crippen MR) is 141 cm³/mol. The molecule has 3 N–H and O–H groups in total. The van der Waals surface area contributed by atoms with Gasteiger partial charge in [0.25, 0.3) is 0 Å². The third kappa shape index (κ3) is 6.49. The second kappa shape index (κ2) is 12.7. The summed E-state index contributed by atoms with van der Waals surface area (Å²) in [6, 6.07) is 25.0. The van der Waals surface area contributed by atoms with Crippen molar-refractivity contribution in [2.24, 2.45) is 5.73 Å². The number of aldehydes is 1. The summed E-state index contributed by atoms with van der Waals surface area (Å²) < 4.78 is 19.1. The third-order valence-corrected chi connectivity index (χ3v) is 5.92. The average Bonchev–Trinajstić information content (AvgIpc) is 3.30. The molecule has 1 aromatic heterocycles. The summed E-state index contributed by atoms with van der Waals surface area (Å²) >= 11 is 0.0720. The van der Waals surface area contributed by atoms with Crippen LogP contribution >= 0.6 is 12.3 Å². The monoisotopic (exact) mass is 492 g/mol. The maximum atomic E-state index is 12.5. The lowest BCUT2D eigenvalue weighted by molar-refractivity contribution is -0.109. The maximum absolute atomic E-state index is 12.5. The number of halogens is 1. The molecule has 3 aromatic carbocycles. The minimum atomic E-state index is -0.514. The molecular weight excluding hydrogens is 463 g/mol. The van der Waals surface area contributed by atoms with Gasteiger partial charge in [-0.05, 0) is 30.2 Å². The zero-order valence-corrected chi connectivity index (χ0v) is 20.7. The second-order valence-corrected chi connectivity index (χ2v) is 8.29. The van der Waals surface area contributed by atoms with Crippen LogP contribution in [0.5, 0.6) is 5.75 Å². The van der Waals surface area contributed by atoms with Crippen molar-refractivity contribution in [2.45, 2.75) is 18.9 Å². The van der Waals surface area contributed by atoms with Crippen molar-refractivity contribution < 1.29 is 13.4 Å². The van der Waals surface area contributed by atoms with Crippen molar-refractivity contribution in [1.82, 2.24) is 9.19 Å². The highest BCUT2D eigenvalue weighted by Gasteiger charge is 2.20. The minimum Gasteiger partial charge on any atom is -0.496 e. The van der Waals surface area contributed by atoms with E-state index in [0.29, 0.717) is 0 Å². The van der Waals surface area contributed by atoms with Crippen LogP contribution in [0.4, 0.5) is 9.57 Å². The molecular formula is C27H29FN4O2S. The van der Waals surface area contributed by atoms with Crippen LogP contribution in [0.1, 0.15) is 22.7 Å². The van der Waals surface area contributed by atoms with Crippen molar-refractivity contribution in [3.8, 4) is 16.9 Å². The first-order valence-corrected chi connectivity index (χ1v) is 11.7. The van der Waals surface area contributed by atoms with Crippen molar-refractivity contribution in [3.05, 3.63) is 102 Å². The van der Waals surface area contributed by atoms with Gasteiger partial charge in [-0.25, -0.2) is 0 Å². The van der Waals surface area contributed by atoms with E-state index >= 15 is 0 Å². The maximum Gasteiger partial charge on any atom is 0.187 e. The molecule has 0 spiro atoms. The molecule has 4 rings (SSSR count). The Bertz CT molecular complexity index is 1180. The van der Waals surface area contributed by atoms with Gasteiger partial charge in [0.05, 0.1) is 18.8 Å². The third-order valence-electron chi connectivity index (χ3n) is 5.59. The summed E-state index contributed by atoms with van der Waals surface area (Å²) in [6.45, 7) is 1.84. The first kappa shape index (κ1) is 26.0. The molecule has 0 fully saturated rings. The van der Waals surface area contributed by atoms with Crippen molar-refractivity contribution in [1.29, 1.82) is 0 Å². The first-order valence-electron chi connectivity index (χ1n) is 11.0. The molecule has 35 heavy (non-hydrogen) atoms. The number of anilines is 1. The molecule has 0 aliphatic rings. The zero-order chi connectivity index (χ0) is 25.2. The minimum absolute atomic E-state index is 0.0720. The van der Waals surface area contributed by atoms with E-state index in [1.165, 1.54) is 4.09 Å². The first-order chi connectivity index (χ1) is 17.0. The Labute approximate surface area is 209 Å². The second-order valence-electron chi connectivity index (χ2n) is 7.78. The molecule has 182 valence electrons. The van der Waals surface area contributed by atoms with Gasteiger partial charge in [0, 0.05) is 42.0 Å². The standard InChI is InChI=1S/C15H15NO.C12H14FN3OS/c16-14(11-17)15(12-7-3-1-4-8-12)13-9-5-2-6-10-13;1-8-11(7-16(15-8)18-13)10-5-4-9(14-2)6-12(10)17-3/h1-11,14-15H,16H2;4-7,14H,1-3H3. The van der Waals surface area contributed by atoms with E-state index in [0.717, 1.165) is 45.7 Å². The van der Waals surface area contributed by atoms with Crippen molar-refractivity contribution >= 4 is 24.3 Å². The highest BCUT2D eigenvalue weighted by Crippen LogP contribution is 2.34. The quantitative estimate of drug-likeness (QED) is 0.310. The van der Waals surface area contributed by atoms with Gasteiger partial charge in [0.1, 0.15) is 12.0 Å². The molecule has 0 aliphatic heterocycles. The van der Waals surface area contributed by atoms with Gasteiger partial charge in [-0.3, -0.25) is 0 Å². The Hall–Kier alpha value is -3.62. The number of hydrogen-bond donors (Lipinski definition) is 2. The summed E-state index contributed by atoms with van der Waals surface area (Å²) in [5.41, 5.74) is 11.5. The van der Waals surface area contributed by atoms with E-state index in [9.17, 15) is 8.68 Å². The number of methoxy groups -OCH3 is 1. The van der Waals surface area contributed by atoms with Crippen molar-refractivity contribution in [3.63, 3.8) is 0 Å². The van der Waals surface area contributed by atoms with Crippen LogP contribution in [-0.4, -0.2) is 35.7 Å². The van der Waals surface area contributed by atoms with Gasteiger partial charge in [-0.1, -0.05) is 60.7 Å². The Morgan fingerprint density at radius 2 is 1.63 bits per heavy atom. The molecule has 0 aliphatic carbocycles. The van der Waals surface area contributed by atoms with E-state index in [-0.39, 0.29) is 18.3 Å². The number of ether oxygens (including phenoxy) is 1.